The third kappa shape index (κ3) is 4.19. The van der Waals surface area contributed by atoms with Crippen LogP contribution in [0.3, 0.4) is 0 Å². The zero-order chi connectivity index (χ0) is 18.7. The van der Waals surface area contributed by atoms with E-state index in [1.807, 2.05) is 44.0 Å². The summed E-state index contributed by atoms with van der Waals surface area (Å²) in [5.41, 5.74) is 2.22. The fourth-order valence-electron chi connectivity index (χ4n) is 3.18. The van der Waals surface area contributed by atoms with Crippen LogP contribution >= 0.6 is 11.7 Å². The molecule has 0 radical (unpaired) electrons. The van der Waals surface area contributed by atoms with Gasteiger partial charge in [0.25, 0.3) is 0 Å². The van der Waals surface area contributed by atoms with Crippen molar-refractivity contribution in [2.45, 2.75) is 32.7 Å². The van der Waals surface area contributed by atoms with Crippen LogP contribution in [0.1, 0.15) is 26.7 Å². The second-order valence-corrected chi connectivity index (χ2v) is 7.61. The first-order valence-electron chi connectivity index (χ1n) is 8.96. The number of piperidine rings is 1. The molecule has 8 heteroatoms. The number of hydrogen-bond acceptors (Lipinski definition) is 6. The van der Waals surface area contributed by atoms with Crippen molar-refractivity contribution in [3.8, 4) is 0 Å². The lowest BCUT2D eigenvalue weighted by molar-refractivity contribution is -0.137. The van der Waals surface area contributed by atoms with Gasteiger partial charge in [-0.3, -0.25) is 14.5 Å². The van der Waals surface area contributed by atoms with Gasteiger partial charge in [0.2, 0.25) is 11.8 Å². The number of carbonyl (C=O) groups excluding carboxylic acids is 2. The van der Waals surface area contributed by atoms with Crippen molar-refractivity contribution in [1.29, 1.82) is 0 Å². The van der Waals surface area contributed by atoms with E-state index in [9.17, 15) is 9.59 Å². The first kappa shape index (κ1) is 18.7. The van der Waals surface area contributed by atoms with Crippen LogP contribution < -0.4 is 5.32 Å². The first-order chi connectivity index (χ1) is 12.5. The molecular weight excluding hydrogens is 350 g/mol. The van der Waals surface area contributed by atoms with Crippen molar-refractivity contribution in [3.05, 3.63) is 18.2 Å². The topological polar surface area (TPSA) is 78.4 Å². The molecule has 0 atom stereocenters. The standard InChI is InChI=1S/C18H25N5O2S/c1-12(2)22(3)18(25)13-7-9-23(10-8-13)11-16(24)19-14-5-4-6-15-17(14)21-26-20-15/h4-6,12-13H,7-11H2,1-3H3,(H,19,24). The number of anilines is 1. The summed E-state index contributed by atoms with van der Waals surface area (Å²) in [5.74, 6) is 0.220. The maximum absolute atomic E-state index is 12.4. The lowest BCUT2D eigenvalue weighted by Gasteiger charge is -2.33. The Morgan fingerprint density at radius 2 is 2.04 bits per heavy atom. The number of nitrogens with zero attached hydrogens (tertiary/aromatic N) is 4. The Kier molecular flexibility index (Phi) is 5.83. The molecule has 1 aliphatic heterocycles. The van der Waals surface area contributed by atoms with Gasteiger partial charge in [-0.1, -0.05) is 6.07 Å². The number of amides is 2. The van der Waals surface area contributed by atoms with E-state index >= 15 is 0 Å². The highest BCUT2D eigenvalue weighted by atomic mass is 32.1. The van der Waals surface area contributed by atoms with Crippen LogP contribution in [-0.4, -0.2) is 63.1 Å². The summed E-state index contributed by atoms with van der Waals surface area (Å²) in [6.45, 7) is 5.90. The normalized spacial score (nSPS) is 16.2. The van der Waals surface area contributed by atoms with Crippen LogP contribution in [0.4, 0.5) is 5.69 Å². The molecule has 0 unspecified atom stereocenters. The van der Waals surface area contributed by atoms with Crippen molar-refractivity contribution in [2.75, 3.05) is 32.0 Å². The minimum Gasteiger partial charge on any atom is -0.343 e. The average molecular weight is 375 g/mol. The summed E-state index contributed by atoms with van der Waals surface area (Å²) in [6.07, 6.45) is 1.60. The lowest BCUT2D eigenvalue weighted by Crippen LogP contribution is -2.45. The van der Waals surface area contributed by atoms with E-state index in [4.69, 9.17) is 0 Å². The predicted octanol–water partition coefficient (Wildman–Crippen LogP) is 2.21. The van der Waals surface area contributed by atoms with Crippen LogP contribution in [0.25, 0.3) is 11.0 Å². The zero-order valence-electron chi connectivity index (χ0n) is 15.4. The fourth-order valence-corrected chi connectivity index (χ4v) is 3.73. The third-order valence-corrected chi connectivity index (χ3v) is 5.53. The van der Waals surface area contributed by atoms with Gasteiger partial charge in [-0.2, -0.15) is 8.75 Å². The van der Waals surface area contributed by atoms with Crippen molar-refractivity contribution >= 4 is 40.3 Å². The van der Waals surface area contributed by atoms with E-state index in [1.165, 1.54) is 0 Å². The Morgan fingerprint density at radius 1 is 1.31 bits per heavy atom. The van der Waals surface area contributed by atoms with Crippen LogP contribution in [0.15, 0.2) is 18.2 Å². The highest BCUT2D eigenvalue weighted by Gasteiger charge is 2.28. The molecule has 1 fully saturated rings. The second-order valence-electron chi connectivity index (χ2n) is 7.08. The molecule has 1 aromatic carbocycles. The van der Waals surface area contributed by atoms with Gasteiger partial charge in [-0.15, -0.1) is 0 Å². The minimum atomic E-state index is -0.0606. The molecule has 1 N–H and O–H groups in total. The smallest absolute Gasteiger partial charge is 0.238 e. The largest absolute Gasteiger partial charge is 0.343 e. The molecule has 1 saturated heterocycles. The van der Waals surface area contributed by atoms with Crippen LogP contribution in [0, 0.1) is 5.92 Å². The molecule has 2 amide bonds. The molecule has 26 heavy (non-hydrogen) atoms. The van der Waals surface area contributed by atoms with E-state index < -0.39 is 0 Å². The molecule has 0 spiro atoms. The summed E-state index contributed by atoms with van der Waals surface area (Å²) < 4.78 is 8.43. The quantitative estimate of drug-likeness (QED) is 0.867. The molecule has 0 saturated carbocycles. The summed E-state index contributed by atoms with van der Waals surface area (Å²) in [5, 5.41) is 2.93. The van der Waals surface area contributed by atoms with Gasteiger partial charge in [0, 0.05) is 19.0 Å². The third-order valence-electron chi connectivity index (χ3n) is 4.99. The number of fused-ring (bicyclic) bond motifs is 1. The van der Waals surface area contributed by atoms with Crippen molar-refractivity contribution in [2.24, 2.45) is 5.92 Å². The van der Waals surface area contributed by atoms with Crippen molar-refractivity contribution in [3.63, 3.8) is 0 Å². The van der Waals surface area contributed by atoms with Gasteiger partial charge in [0.05, 0.1) is 24.0 Å². The van der Waals surface area contributed by atoms with E-state index in [1.54, 1.807) is 0 Å². The lowest BCUT2D eigenvalue weighted by atomic mass is 9.95. The molecule has 0 bridgehead atoms. The molecule has 2 aromatic rings. The molecule has 2 heterocycles. The minimum absolute atomic E-state index is 0.0606. The van der Waals surface area contributed by atoms with Gasteiger partial charge in [-0.25, -0.2) is 0 Å². The number of hydrogen-bond donors (Lipinski definition) is 1. The summed E-state index contributed by atoms with van der Waals surface area (Å²) in [4.78, 5) is 28.7. The SMILES string of the molecule is CC(C)N(C)C(=O)C1CCN(CC(=O)Nc2cccc3nsnc23)CC1. The highest BCUT2D eigenvalue weighted by molar-refractivity contribution is 7.00. The predicted molar refractivity (Wildman–Crippen MR) is 103 cm³/mol. The van der Waals surface area contributed by atoms with Gasteiger partial charge in [0.1, 0.15) is 11.0 Å². The molecule has 1 aliphatic rings. The van der Waals surface area contributed by atoms with Gasteiger partial charge in [-0.05, 0) is 51.9 Å². The van der Waals surface area contributed by atoms with Gasteiger partial charge < -0.3 is 10.2 Å². The number of likely N-dealkylation sites (tertiary alicyclic amines) is 1. The number of aromatic nitrogens is 2. The Morgan fingerprint density at radius 3 is 2.73 bits per heavy atom. The van der Waals surface area contributed by atoms with Gasteiger partial charge in [0.15, 0.2) is 0 Å². The van der Waals surface area contributed by atoms with Gasteiger partial charge >= 0.3 is 0 Å². The molecule has 1 aromatic heterocycles. The summed E-state index contributed by atoms with van der Waals surface area (Å²) in [6, 6.07) is 5.80. The Labute approximate surface area is 157 Å². The Bertz CT molecular complexity index is 783. The fraction of sp³-hybridized carbons (Fsp3) is 0.556. The maximum Gasteiger partial charge on any atom is 0.238 e. The number of benzene rings is 1. The van der Waals surface area contributed by atoms with Crippen LogP contribution in [0.2, 0.25) is 0 Å². The second kappa shape index (κ2) is 8.09. The Balaban J connectivity index is 1.51. The van der Waals surface area contributed by atoms with Crippen molar-refractivity contribution < 1.29 is 9.59 Å². The molecule has 140 valence electrons. The average Bonchev–Trinajstić information content (AvgIpc) is 3.11. The molecule has 0 aliphatic carbocycles. The van der Waals surface area contributed by atoms with Crippen LogP contribution in [0.5, 0.6) is 0 Å². The number of rotatable bonds is 5. The Hall–Kier alpha value is -2.06. The zero-order valence-corrected chi connectivity index (χ0v) is 16.3. The number of nitrogens with one attached hydrogen (secondary N) is 1. The summed E-state index contributed by atoms with van der Waals surface area (Å²) in [7, 11) is 1.86. The monoisotopic (exact) mass is 375 g/mol. The molecular formula is C18H25N5O2S. The van der Waals surface area contributed by atoms with E-state index in [0.29, 0.717) is 12.2 Å². The van der Waals surface area contributed by atoms with E-state index in [2.05, 4.69) is 19.0 Å². The summed E-state index contributed by atoms with van der Waals surface area (Å²) >= 11 is 1.14. The first-order valence-corrected chi connectivity index (χ1v) is 9.69. The van der Waals surface area contributed by atoms with E-state index in [-0.39, 0.29) is 23.8 Å². The van der Waals surface area contributed by atoms with Crippen LogP contribution in [-0.2, 0) is 9.59 Å². The number of carbonyl (C=O) groups is 2. The molecule has 7 nitrogen and oxygen atoms in total. The highest BCUT2D eigenvalue weighted by Crippen LogP contribution is 2.22. The molecule has 3 rings (SSSR count). The van der Waals surface area contributed by atoms with Crippen molar-refractivity contribution in [1.82, 2.24) is 18.5 Å². The maximum atomic E-state index is 12.4. The van der Waals surface area contributed by atoms with E-state index in [0.717, 1.165) is 48.7 Å².